The lowest BCUT2D eigenvalue weighted by molar-refractivity contribution is 0.141. The second-order valence-electron chi connectivity index (χ2n) is 5.98. The van der Waals surface area contributed by atoms with E-state index in [1.807, 2.05) is 10.9 Å². The third-order valence-corrected chi connectivity index (χ3v) is 4.32. The Hall–Kier alpha value is -0.870. The van der Waals surface area contributed by atoms with Crippen LogP contribution in [-0.2, 0) is 0 Å². The van der Waals surface area contributed by atoms with Crippen molar-refractivity contribution in [3.63, 3.8) is 0 Å². The molecule has 1 unspecified atom stereocenters. The van der Waals surface area contributed by atoms with Crippen LogP contribution in [0.2, 0.25) is 0 Å². The van der Waals surface area contributed by atoms with Crippen LogP contribution in [0.4, 0.5) is 0 Å². The number of aromatic nitrogens is 2. The maximum absolute atomic E-state index is 6.02. The van der Waals surface area contributed by atoms with Crippen LogP contribution in [-0.4, -0.2) is 34.3 Å². The van der Waals surface area contributed by atoms with Crippen LogP contribution in [0.25, 0.3) is 0 Å². The summed E-state index contributed by atoms with van der Waals surface area (Å²) in [5.74, 6) is 0.883. The van der Waals surface area contributed by atoms with Gasteiger partial charge in [0.1, 0.15) is 0 Å². The highest BCUT2D eigenvalue weighted by Crippen LogP contribution is 2.30. The fourth-order valence-electron chi connectivity index (χ4n) is 2.79. The van der Waals surface area contributed by atoms with Gasteiger partial charge in [-0.2, -0.15) is 5.10 Å². The van der Waals surface area contributed by atoms with Gasteiger partial charge in [0.15, 0.2) is 0 Å². The highest BCUT2D eigenvalue weighted by atomic mass is 15.3. The summed E-state index contributed by atoms with van der Waals surface area (Å²) >= 11 is 0. The minimum absolute atomic E-state index is 0.318. The van der Waals surface area contributed by atoms with Gasteiger partial charge in [0.2, 0.25) is 0 Å². The topological polar surface area (TPSA) is 47.1 Å². The zero-order chi connectivity index (χ0) is 13.8. The van der Waals surface area contributed by atoms with Crippen LogP contribution < -0.4 is 5.73 Å². The third-order valence-electron chi connectivity index (χ3n) is 4.32. The first-order chi connectivity index (χ1) is 9.15. The molecule has 4 heteroatoms. The molecule has 1 saturated carbocycles. The summed E-state index contributed by atoms with van der Waals surface area (Å²) < 4.78 is 2.02. The first-order valence-electron chi connectivity index (χ1n) is 7.63. The van der Waals surface area contributed by atoms with Gasteiger partial charge in [0.25, 0.3) is 0 Å². The predicted octanol–water partition coefficient (Wildman–Crippen LogP) is 2.59. The molecule has 0 aromatic carbocycles. The Labute approximate surface area is 117 Å². The van der Waals surface area contributed by atoms with Gasteiger partial charge in [-0.25, -0.2) is 0 Å². The summed E-state index contributed by atoms with van der Waals surface area (Å²) in [6, 6.07) is 0.729. The van der Waals surface area contributed by atoms with Crippen molar-refractivity contribution >= 4 is 0 Å². The van der Waals surface area contributed by atoms with E-state index in [-0.39, 0.29) is 0 Å². The minimum atomic E-state index is 0.318. The Morgan fingerprint density at radius 1 is 1.47 bits per heavy atom. The SMILES string of the molecule is CCN(CC1CCC1)C(CN)c1cnn(C(C)C)c1. The largest absolute Gasteiger partial charge is 0.329 e. The maximum Gasteiger partial charge on any atom is 0.0538 e. The molecule has 0 amide bonds. The molecule has 1 heterocycles. The lowest BCUT2D eigenvalue weighted by Crippen LogP contribution is -2.38. The van der Waals surface area contributed by atoms with Gasteiger partial charge in [-0.3, -0.25) is 9.58 Å². The average molecular weight is 264 g/mol. The quantitative estimate of drug-likeness (QED) is 0.823. The fourth-order valence-corrected chi connectivity index (χ4v) is 2.79. The molecule has 0 saturated heterocycles. The van der Waals surface area contributed by atoms with Gasteiger partial charge in [-0.15, -0.1) is 0 Å². The summed E-state index contributed by atoms with van der Waals surface area (Å²) in [7, 11) is 0. The molecule has 1 atom stereocenters. The number of hydrogen-bond acceptors (Lipinski definition) is 3. The van der Waals surface area contributed by atoms with Crippen LogP contribution in [0.5, 0.6) is 0 Å². The molecule has 0 spiro atoms. The highest BCUT2D eigenvalue weighted by molar-refractivity contribution is 5.12. The van der Waals surface area contributed by atoms with Crippen LogP contribution >= 0.6 is 0 Å². The number of rotatable bonds is 7. The molecule has 0 aliphatic heterocycles. The number of nitrogens with zero attached hydrogens (tertiary/aromatic N) is 3. The van der Waals surface area contributed by atoms with Gasteiger partial charge in [-0.1, -0.05) is 13.3 Å². The van der Waals surface area contributed by atoms with Crippen LogP contribution in [0.1, 0.15) is 57.7 Å². The van der Waals surface area contributed by atoms with Gasteiger partial charge in [0.05, 0.1) is 12.2 Å². The number of nitrogens with two attached hydrogens (primary N) is 1. The second kappa shape index (κ2) is 6.53. The van der Waals surface area contributed by atoms with Crippen LogP contribution in [0.15, 0.2) is 12.4 Å². The van der Waals surface area contributed by atoms with Crippen LogP contribution in [0, 0.1) is 5.92 Å². The van der Waals surface area contributed by atoms with Crippen molar-refractivity contribution in [3.8, 4) is 0 Å². The average Bonchev–Trinajstić information content (AvgIpc) is 2.81. The molecule has 108 valence electrons. The zero-order valence-corrected chi connectivity index (χ0v) is 12.5. The van der Waals surface area contributed by atoms with E-state index in [0.29, 0.717) is 18.6 Å². The standard InChI is InChI=1S/C15H28N4/c1-4-18(10-13-6-5-7-13)15(8-16)14-9-17-19(11-14)12(2)3/h9,11-13,15H,4-8,10,16H2,1-3H3. The second-order valence-corrected chi connectivity index (χ2v) is 5.98. The minimum Gasteiger partial charge on any atom is -0.329 e. The molecule has 1 aliphatic rings. The van der Waals surface area contributed by atoms with Gasteiger partial charge < -0.3 is 5.73 Å². The van der Waals surface area contributed by atoms with E-state index in [0.717, 1.165) is 12.5 Å². The van der Waals surface area contributed by atoms with Gasteiger partial charge in [0, 0.05) is 30.9 Å². The Morgan fingerprint density at radius 2 is 2.21 bits per heavy atom. The van der Waals surface area contributed by atoms with Crippen molar-refractivity contribution in [2.24, 2.45) is 11.7 Å². The molecular weight excluding hydrogens is 236 g/mol. The number of hydrogen-bond donors (Lipinski definition) is 1. The van der Waals surface area contributed by atoms with Crippen LogP contribution in [0.3, 0.4) is 0 Å². The summed E-state index contributed by atoms with van der Waals surface area (Å²) in [5, 5.41) is 4.45. The Balaban J connectivity index is 2.06. The van der Waals surface area contributed by atoms with E-state index in [1.54, 1.807) is 0 Å². The zero-order valence-electron chi connectivity index (χ0n) is 12.5. The molecule has 2 N–H and O–H groups in total. The molecule has 1 aliphatic carbocycles. The number of likely N-dealkylation sites (N-methyl/N-ethyl adjacent to an activating group) is 1. The third kappa shape index (κ3) is 3.37. The summed E-state index contributed by atoms with van der Waals surface area (Å²) in [5.41, 5.74) is 7.28. The van der Waals surface area contributed by atoms with Crippen molar-refractivity contribution in [2.45, 2.75) is 52.1 Å². The highest BCUT2D eigenvalue weighted by Gasteiger charge is 2.25. The normalized spacial score (nSPS) is 18.0. The lowest BCUT2D eigenvalue weighted by Gasteiger charge is -2.36. The molecule has 1 aromatic heterocycles. The first kappa shape index (κ1) is 14.5. The van der Waals surface area contributed by atoms with Crippen molar-refractivity contribution in [3.05, 3.63) is 18.0 Å². The molecule has 0 bridgehead atoms. The summed E-state index contributed by atoms with van der Waals surface area (Å²) in [4.78, 5) is 2.52. The molecule has 0 radical (unpaired) electrons. The van der Waals surface area contributed by atoms with E-state index in [4.69, 9.17) is 5.73 Å². The molecule has 4 nitrogen and oxygen atoms in total. The Kier molecular flexibility index (Phi) is 4.99. The molecule has 2 rings (SSSR count). The smallest absolute Gasteiger partial charge is 0.0538 e. The van der Waals surface area contributed by atoms with E-state index >= 15 is 0 Å². The molecular formula is C15H28N4. The van der Waals surface area contributed by atoms with Crippen molar-refractivity contribution in [1.29, 1.82) is 0 Å². The summed E-state index contributed by atoms with van der Waals surface area (Å²) in [6.45, 7) is 9.45. The Morgan fingerprint density at radius 3 is 2.63 bits per heavy atom. The molecule has 19 heavy (non-hydrogen) atoms. The van der Waals surface area contributed by atoms with Crippen molar-refractivity contribution < 1.29 is 0 Å². The van der Waals surface area contributed by atoms with Gasteiger partial charge in [-0.05, 0) is 39.2 Å². The van der Waals surface area contributed by atoms with Crippen molar-refractivity contribution in [2.75, 3.05) is 19.6 Å². The monoisotopic (exact) mass is 264 g/mol. The predicted molar refractivity (Wildman–Crippen MR) is 79.0 cm³/mol. The fraction of sp³-hybridized carbons (Fsp3) is 0.800. The van der Waals surface area contributed by atoms with Gasteiger partial charge >= 0.3 is 0 Å². The van der Waals surface area contributed by atoms with Crippen molar-refractivity contribution in [1.82, 2.24) is 14.7 Å². The first-order valence-corrected chi connectivity index (χ1v) is 7.63. The van der Waals surface area contributed by atoms with E-state index in [9.17, 15) is 0 Å². The molecule has 1 aromatic rings. The molecule has 1 fully saturated rings. The Bertz CT molecular complexity index is 381. The summed E-state index contributed by atoms with van der Waals surface area (Å²) in [6.07, 6.45) is 8.32. The van der Waals surface area contributed by atoms with E-state index in [2.05, 4.69) is 37.0 Å². The maximum atomic E-state index is 6.02. The van der Waals surface area contributed by atoms with E-state index < -0.39 is 0 Å². The van der Waals surface area contributed by atoms with E-state index in [1.165, 1.54) is 31.4 Å². The lowest BCUT2D eigenvalue weighted by atomic mass is 9.84.